The van der Waals surface area contributed by atoms with Crippen LogP contribution < -0.4 is 11.1 Å². The minimum Gasteiger partial charge on any atom is -0.399 e. The minimum atomic E-state index is -0.0937. The van der Waals surface area contributed by atoms with Crippen LogP contribution >= 0.6 is 23.4 Å². The first-order valence-corrected chi connectivity index (χ1v) is 8.88. The van der Waals surface area contributed by atoms with Crippen LogP contribution in [0.1, 0.15) is 18.9 Å². The van der Waals surface area contributed by atoms with Gasteiger partial charge in [-0.2, -0.15) is 0 Å². The third kappa shape index (κ3) is 5.81. The highest BCUT2D eigenvalue weighted by Gasteiger charge is 2.17. The summed E-state index contributed by atoms with van der Waals surface area (Å²) >= 11 is 7.43. The number of carbonyl (C=O) groups excluding carboxylic acids is 1. The molecular formula is C18H21ClN2OS. The predicted molar refractivity (Wildman–Crippen MR) is 99.0 cm³/mol. The molecule has 0 fully saturated rings. The van der Waals surface area contributed by atoms with Gasteiger partial charge in [-0.3, -0.25) is 4.79 Å². The second-order valence-corrected chi connectivity index (χ2v) is 6.96. The van der Waals surface area contributed by atoms with Gasteiger partial charge in [0.1, 0.15) is 0 Å². The molecule has 0 spiro atoms. The number of rotatable bonds is 7. The molecule has 0 aromatic heterocycles. The van der Waals surface area contributed by atoms with Crippen LogP contribution in [0.15, 0.2) is 53.4 Å². The largest absolute Gasteiger partial charge is 0.399 e. The van der Waals surface area contributed by atoms with Crippen LogP contribution in [-0.4, -0.2) is 17.7 Å². The molecule has 2 aromatic rings. The summed E-state index contributed by atoms with van der Waals surface area (Å²) in [4.78, 5) is 13.4. The number of halogens is 1. The molecule has 0 saturated heterocycles. The molecule has 0 saturated carbocycles. The van der Waals surface area contributed by atoms with Crippen LogP contribution in [0.3, 0.4) is 0 Å². The molecule has 0 aliphatic carbocycles. The molecule has 0 aliphatic heterocycles. The van der Waals surface area contributed by atoms with E-state index in [1.807, 2.05) is 55.5 Å². The highest BCUT2D eigenvalue weighted by molar-refractivity contribution is 8.00. The van der Waals surface area contributed by atoms with Crippen molar-refractivity contribution in [2.75, 3.05) is 12.3 Å². The molecular weight excluding hydrogens is 328 g/mol. The molecule has 3 nitrogen and oxygen atoms in total. The molecule has 5 heteroatoms. The number of nitrogens with two attached hydrogens (primary N) is 1. The second kappa shape index (κ2) is 8.85. The van der Waals surface area contributed by atoms with Crippen molar-refractivity contribution >= 4 is 35.0 Å². The summed E-state index contributed by atoms with van der Waals surface area (Å²) in [7, 11) is 0. The van der Waals surface area contributed by atoms with Crippen molar-refractivity contribution in [1.82, 2.24) is 5.32 Å². The average molecular weight is 349 g/mol. The van der Waals surface area contributed by atoms with E-state index in [-0.39, 0.29) is 11.2 Å². The number of thioether (sulfide) groups is 1. The maximum atomic E-state index is 12.3. The Morgan fingerprint density at radius 2 is 1.83 bits per heavy atom. The minimum absolute atomic E-state index is 0.0725. The van der Waals surface area contributed by atoms with Gasteiger partial charge >= 0.3 is 0 Å². The Morgan fingerprint density at radius 3 is 2.43 bits per heavy atom. The molecule has 1 unspecified atom stereocenters. The van der Waals surface area contributed by atoms with Crippen LogP contribution in [-0.2, 0) is 11.2 Å². The van der Waals surface area contributed by atoms with E-state index >= 15 is 0 Å². The lowest BCUT2D eigenvalue weighted by atomic mass is 10.1. The lowest BCUT2D eigenvalue weighted by Gasteiger charge is -2.15. The fraction of sp³-hybridized carbons (Fsp3) is 0.278. The van der Waals surface area contributed by atoms with E-state index in [1.165, 1.54) is 0 Å². The Morgan fingerprint density at radius 1 is 1.17 bits per heavy atom. The monoisotopic (exact) mass is 348 g/mol. The summed E-state index contributed by atoms with van der Waals surface area (Å²) in [6, 6.07) is 15.3. The number of anilines is 1. The van der Waals surface area contributed by atoms with E-state index in [9.17, 15) is 4.79 Å². The van der Waals surface area contributed by atoms with E-state index in [2.05, 4.69) is 5.32 Å². The lowest BCUT2D eigenvalue weighted by Crippen LogP contribution is -2.33. The number of amides is 1. The number of nitrogen functional groups attached to an aromatic ring is 1. The smallest absolute Gasteiger partial charge is 0.233 e. The van der Waals surface area contributed by atoms with Crippen molar-refractivity contribution in [2.24, 2.45) is 0 Å². The molecule has 1 atom stereocenters. The molecule has 1 amide bonds. The summed E-state index contributed by atoms with van der Waals surface area (Å²) in [5, 5.41) is 3.64. The highest BCUT2D eigenvalue weighted by Crippen LogP contribution is 2.26. The number of benzene rings is 2. The first kappa shape index (κ1) is 17.7. The Bertz CT molecular complexity index is 628. The molecule has 2 aromatic carbocycles. The third-order valence-electron chi connectivity index (χ3n) is 3.45. The lowest BCUT2D eigenvalue weighted by molar-refractivity contribution is -0.120. The van der Waals surface area contributed by atoms with Gasteiger partial charge in [0.25, 0.3) is 0 Å². The normalized spacial score (nSPS) is 11.9. The van der Waals surface area contributed by atoms with E-state index in [0.29, 0.717) is 6.54 Å². The summed E-state index contributed by atoms with van der Waals surface area (Å²) in [6.07, 6.45) is 1.58. The third-order valence-corrected chi connectivity index (χ3v) is 5.08. The standard InChI is InChI=1S/C18H21ClN2OS/c1-2-17(23-16-9-7-15(20)8-10-16)18(22)21-12-11-13-3-5-14(19)6-4-13/h3-10,17H,2,11-12,20H2,1H3,(H,21,22). The van der Waals surface area contributed by atoms with Crippen molar-refractivity contribution in [3.8, 4) is 0 Å². The van der Waals surface area contributed by atoms with Gasteiger partial charge in [-0.05, 0) is 54.8 Å². The number of carbonyl (C=O) groups is 1. The van der Waals surface area contributed by atoms with Crippen LogP contribution in [0.4, 0.5) is 5.69 Å². The molecule has 0 bridgehead atoms. The topological polar surface area (TPSA) is 55.1 Å². The summed E-state index contributed by atoms with van der Waals surface area (Å²) in [6.45, 7) is 2.65. The molecule has 3 N–H and O–H groups in total. The van der Waals surface area contributed by atoms with Crippen molar-refractivity contribution in [2.45, 2.75) is 29.9 Å². The van der Waals surface area contributed by atoms with E-state index < -0.39 is 0 Å². The first-order chi connectivity index (χ1) is 11.1. The summed E-state index contributed by atoms with van der Waals surface area (Å²) in [5.41, 5.74) is 7.58. The maximum absolute atomic E-state index is 12.3. The first-order valence-electron chi connectivity index (χ1n) is 7.63. The molecule has 0 heterocycles. The Hall–Kier alpha value is -1.65. The molecule has 122 valence electrons. The van der Waals surface area contributed by atoms with Crippen LogP contribution in [0, 0.1) is 0 Å². The van der Waals surface area contributed by atoms with Gasteiger partial charge in [-0.1, -0.05) is 30.7 Å². The fourth-order valence-corrected chi connectivity index (χ4v) is 3.23. The SMILES string of the molecule is CCC(Sc1ccc(N)cc1)C(=O)NCCc1ccc(Cl)cc1. The quantitative estimate of drug-likeness (QED) is 0.583. The van der Waals surface area contributed by atoms with Crippen molar-refractivity contribution in [1.29, 1.82) is 0 Å². The molecule has 0 radical (unpaired) electrons. The molecule has 2 rings (SSSR count). The molecule has 0 aliphatic rings. The summed E-state index contributed by atoms with van der Waals surface area (Å²) < 4.78 is 0. The zero-order valence-corrected chi connectivity index (χ0v) is 14.7. The predicted octanol–water partition coefficient (Wildman–Crippen LogP) is 4.15. The molecule has 23 heavy (non-hydrogen) atoms. The van der Waals surface area contributed by atoms with Crippen LogP contribution in [0.5, 0.6) is 0 Å². The number of hydrogen-bond donors (Lipinski definition) is 2. The van der Waals surface area contributed by atoms with Gasteiger partial charge in [0.2, 0.25) is 5.91 Å². The van der Waals surface area contributed by atoms with Gasteiger partial charge in [0.15, 0.2) is 0 Å². The Labute approximate surface area is 146 Å². The van der Waals surface area contributed by atoms with Crippen molar-refractivity contribution in [3.63, 3.8) is 0 Å². The van der Waals surface area contributed by atoms with Crippen molar-refractivity contribution < 1.29 is 4.79 Å². The van der Waals surface area contributed by atoms with Gasteiger partial charge < -0.3 is 11.1 Å². The fourth-order valence-electron chi connectivity index (χ4n) is 2.13. The second-order valence-electron chi connectivity index (χ2n) is 5.25. The zero-order valence-electron chi connectivity index (χ0n) is 13.1. The van der Waals surface area contributed by atoms with Gasteiger partial charge in [-0.15, -0.1) is 11.8 Å². The van der Waals surface area contributed by atoms with Gasteiger partial charge in [0.05, 0.1) is 5.25 Å². The van der Waals surface area contributed by atoms with Crippen LogP contribution in [0.25, 0.3) is 0 Å². The van der Waals surface area contributed by atoms with Gasteiger partial charge in [-0.25, -0.2) is 0 Å². The zero-order chi connectivity index (χ0) is 16.7. The van der Waals surface area contributed by atoms with Gasteiger partial charge in [0, 0.05) is 22.2 Å². The van der Waals surface area contributed by atoms with E-state index in [1.54, 1.807) is 11.8 Å². The maximum Gasteiger partial charge on any atom is 0.233 e. The van der Waals surface area contributed by atoms with E-state index in [4.69, 9.17) is 17.3 Å². The number of nitrogens with one attached hydrogen (secondary N) is 1. The Balaban J connectivity index is 1.82. The number of hydrogen-bond acceptors (Lipinski definition) is 3. The van der Waals surface area contributed by atoms with Crippen molar-refractivity contribution in [3.05, 3.63) is 59.1 Å². The average Bonchev–Trinajstić information content (AvgIpc) is 2.56. The summed E-state index contributed by atoms with van der Waals surface area (Å²) in [5.74, 6) is 0.0725. The Kier molecular flexibility index (Phi) is 6.81. The van der Waals surface area contributed by atoms with E-state index in [0.717, 1.165) is 34.0 Å². The van der Waals surface area contributed by atoms with Crippen LogP contribution in [0.2, 0.25) is 5.02 Å². The highest BCUT2D eigenvalue weighted by atomic mass is 35.5.